The standard InChI is InChI=1S/C19H28N4O.HI/c20-19(21-13-15-5-3-4-11-23(15)14-8-9-14)22-17-10-12-24-18-7-2-1-6-16(17)18;/h1-2,6-7,14-15,17H,3-5,8-13H2,(H3,20,21,22);1H. The maximum Gasteiger partial charge on any atom is 0.189 e. The van der Waals surface area contributed by atoms with Crippen molar-refractivity contribution in [2.45, 2.75) is 56.7 Å². The van der Waals surface area contributed by atoms with Crippen LogP contribution in [0.2, 0.25) is 0 Å². The summed E-state index contributed by atoms with van der Waals surface area (Å²) in [5, 5.41) is 3.40. The summed E-state index contributed by atoms with van der Waals surface area (Å²) in [6.07, 6.45) is 7.57. The summed E-state index contributed by atoms with van der Waals surface area (Å²) in [6.45, 7) is 2.78. The molecule has 1 aromatic carbocycles. The van der Waals surface area contributed by atoms with Gasteiger partial charge < -0.3 is 15.8 Å². The number of piperidine rings is 1. The monoisotopic (exact) mass is 456 g/mol. The van der Waals surface area contributed by atoms with E-state index in [1.165, 1.54) is 44.2 Å². The normalized spacial score (nSPS) is 27.0. The predicted octanol–water partition coefficient (Wildman–Crippen LogP) is 3.05. The molecule has 2 unspecified atom stereocenters. The maximum absolute atomic E-state index is 6.20. The first kappa shape index (κ1) is 18.8. The molecule has 4 rings (SSSR count). The van der Waals surface area contributed by atoms with E-state index in [0.29, 0.717) is 12.0 Å². The van der Waals surface area contributed by atoms with Crippen LogP contribution in [-0.4, -0.2) is 42.6 Å². The van der Waals surface area contributed by atoms with Crippen molar-refractivity contribution in [2.24, 2.45) is 10.7 Å². The smallest absolute Gasteiger partial charge is 0.189 e. The number of ether oxygens (including phenoxy) is 1. The van der Waals surface area contributed by atoms with Crippen LogP contribution in [0.1, 0.15) is 50.1 Å². The van der Waals surface area contributed by atoms with Crippen LogP contribution in [0.25, 0.3) is 0 Å². The van der Waals surface area contributed by atoms with Gasteiger partial charge in [0, 0.05) is 24.1 Å². The number of likely N-dealkylation sites (tertiary alicyclic amines) is 1. The fourth-order valence-electron chi connectivity index (χ4n) is 4.03. The van der Waals surface area contributed by atoms with Crippen LogP contribution < -0.4 is 15.8 Å². The minimum absolute atomic E-state index is 0. The Balaban J connectivity index is 0.00000182. The van der Waals surface area contributed by atoms with E-state index in [1.54, 1.807) is 0 Å². The number of halogens is 1. The second-order valence-electron chi connectivity index (χ2n) is 7.22. The number of fused-ring (bicyclic) bond motifs is 1. The Hall–Kier alpha value is -1.02. The quantitative estimate of drug-likeness (QED) is 0.416. The van der Waals surface area contributed by atoms with Crippen LogP contribution in [0.15, 0.2) is 29.3 Å². The molecule has 1 saturated heterocycles. The van der Waals surface area contributed by atoms with Crippen molar-refractivity contribution >= 4 is 29.9 Å². The topological polar surface area (TPSA) is 62.9 Å². The number of hydrogen-bond donors (Lipinski definition) is 2. The molecule has 2 heterocycles. The number of nitrogens with two attached hydrogens (primary N) is 1. The lowest BCUT2D eigenvalue weighted by Crippen LogP contribution is -2.44. The number of aliphatic imine (C=N–C) groups is 1. The first-order chi connectivity index (χ1) is 11.8. The summed E-state index contributed by atoms with van der Waals surface area (Å²) in [6, 6.07) is 9.78. The van der Waals surface area contributed by atoms with Crippen molar-refractivity contribution < 1.29 is 4.74 Å². The largest absolute Gasteiger partial charge is 0.493 e. The molecule has 3 aliphatic rings. The summed E-state index contributed by atoms with van der Waals surface area (Å²) in [5.41, 5.74) is 7.38. The number of nitrogens with one attached hydrogen (secondary N) is 1. The summed E-state index contributed by atoms with van der Waals surface area (Å²) in [5.74, 6) is 1.53. The third-order valence-electron chi connectivity index (χ3n) is 5.44. The van der Waals surface area contributed by atoms with E-state index in [9.17, 15) is 0 Å². The molecule has 2 fully saturated rings. The highest BCUT2D eigenvalue weighted by atomic mass is 127. The van der Waals surface area contributed by atoms with Crippen LogP contribution in [0.4, 0.5) is 0 Å². The molecule has 3 N–H and O–H groups in total. The van der Waals surface area contributed by atoms with Gasteiger partial charge in [0.1, 0.15) is 5.75 Å². The molecular weight excluding hydrogens is 427 g/mol. The molecular formula is C19H29IN4O. The highest BCUT2D eigenvalue weighted by molar-refractivity contribution is 14.0. The van der Waals surface area contributed by atoms with Gasteiger partial charge >= 0.3 is 0 Å². The van der Waals surface area contributed by atoms with E-state index in [0.717, 1.165) is 31.4 Å². The molecule has 5 nitrogen and oxygen atoms in total. The third kappa shape index (κ3) is 4.58. The molecule has 2 atom stereocenters. The molecule has 138 valence electrons. The first-order valence-electron chi connectivity index (χ1n) is 9.35. The van der Waals surface area contributed by atoms with Crippen molar-refractivity contribution in [3.05, 3.63) is 29.8 Å². The fourth-order valence-corrected chi connectivity index (χ4v) is 4.03. The molecule has 0 amide bonds. The third-order valence-corrected chi connectivity index (χ3v) is 5.44. The van der Waals surface area contributed by atoms with Crippen molar-refractivity contribution in [1.29, 1.82) is 0 Å². The zero-order valence-corrected chi connectivity index (χ0v) is 17.0. The lowest BCUT2D eigenvalue weighted by atomic mass is 10.0. The number of hydrogen-bond acceptors (Lipinski definition) is 3. The Morgan fingerprint density at radius 2 is 2.04 bits per heavy atom. The van der Waals surface area contributed by atoms with E-state index in [4.69, 9.17) is 10.5 Å². The molecule has 25 heavy (non-hydrogen) atoms. The second-order valence-corrected chi connectivity index (χ2v) is 7.22. The van der Waals surface area contributed by atoms with Crippen LogP contribution >= 0.6 is 24.0 Å². The van der Waals surface area contributed by atoms with E-state index in [1.807, 2.05) is 18.2 Å². The van der Waals surface area contributed by atoms with Gasteiger partial charge in [0.2, 0.25) is 0 Å². The van der Waals surface area contributed by atoms with Crippen molar-refractivity contribution in [3.8, 4) is 5.75 Å². The van der Waals surface area contributed by atoms with Gasteiger partial charge in [0.05, 0.1) is 19.2 Å². The zero-order chi connectivity index (χ0) is 16.4. The van der Waals surface area contributed by atoms with E-state index < -0.39 is 0 Å². The lowest BCUT2D eigenvalue weighted by molar-refractivity contribution is 0.144. The Morgan fingerprint density at radius 1 is 1.20 bits per heavy atom. The van der Waals surface area contributed by atoms with Gasteiger partial charge in [-0.2, -0.15) is 0 Å². The average molecular weight is 456 g/mol. The van der Waals surface area contributed by atoms with Gasteiger partial charge in [-0.1, -0.05) is 24.6 Å². The maximum atomic E-state index is 6.20. The number of para-hydroxylation sites is 1. The minimum Gasteiger partial charge on any atom is -0.493 e. The Labute approximate surface area is 167 Å². The molecule has 0 aromatic heterocycles. The number of rotatable bonds is 4. The van der Waals surface area contributed by atoms with Crippen LogP contribution in [0.5, 0.6) is 5.75 Å². The molecule has 0 bridgehead atoms. The van der Waals surface area contributed by atoms with Gasteiger partial charge in [-0.05, 0) is 38.3 Å². The van der Waals surface area contributed by atoms with E-state index >= 15 is 0 Å². The molecule has 1 aliphatic carbocycles. The summed E-state index contributed by atoms with van der Waals surface area (Å²) < 4.78 is 5.71. The first-order valence-corrected chi connectivity index (χ1v) is 9.35. The summed E-state index contributed by atoms with van der Waals surface area (Å²) in [4.78, 5) is 7.35. The Morgan fingerprint density at radius 3 is 2.88 bits per heavy atom. The van der Waals surface area contributed by atoms with Gasteiger partial charge in [-0.25, -0.2) is 0 Å². The predicted molar refractivity (Wildman–Crippen MR) is 112 cm³/mol. The van der Waals surface area contributed by atoms with Gasteiger partial charge in [-0.15, -0.1) is 24.0 Å². The molecule has 0 radical (unpaired) electrons. The SMILES string of the molecule is I.NC(=NCC1CCCCN1C1CC1)NC1CCOc2ccccc21. The fraction of sp³-hybridized carbons (Fsp3) is 0.632. The van der Waals surface area contributed by atoms with Crippen LogP contribution in [-0.2, 0) is 0 Å². The summed E-state index contributed by atoms with van der Waals surface area (Å²) in [7, 11) is 0. The summed E-state index contributed by atoms with van der Waals surface area (Å²) >= 11 is 0. The highest BCUT2D eigenvalue weighted by Gasteiger charge is 2.35. The number of benzene rings is 1. The van der Waals surface area contributed by atoms with Gasteiger partial charge in [0.15, 0.2) is 5.96 Å². The van der Waals surface area contributed by atoms with Crippen LogP contribution in [0, 0.1) is 0 Å². The molecule has 2 aliphatic heterocycles. The molecule has 1 saturated carbocycles. The number of guanidine groups is 1. The number of nitrogens with zero attached hydrogens (tertiary/aromatic N) is 2. The lowest BCUT2D eigenvalue weighted by Gasteiger charge is -2.35. The minimum atomic E-state index is 0. The van der Waals surface area contributed by atoms with E-state index in [-0.39, 0.29) is 30.0 Å². The highest BCUT2D eigenvalue weighted by Crippen LogP contribution is 2.33. The van der Waals surface area contributed by atoms with Crippen LogP contribution in [0.3, 0.4) is 0 Å². The zero-order valence-electron chi connectivity index (χ0n) is 14.7. The van der Waals surface area contributed by atoms with Gasteiger partial charge in [-0.3, -0.25) is 9.89 Å². The Bertz CT molecular complexity index is 605. The average Bonchev–Trinajstić information content (AvgIpc) is 3.46. The molecule has 0 spiro atoms. The molecule has 6 heteroatoms. The second kappa shape index (κ2) is 8.58. The van der Waals surface area contributed by atoms with Crippen molar-refractivity contribution in [2.75, 3.05) is 19.7 Å². The van der Waals surface area contributed by atoms with Crippen molar-refractivity contribution in [3.63, 3.8) is 0 Å². The van der Waals surface area contributed by atoms with Crippen molar-refractivity contribution in [1.82, 2.24) is 10.2 Å². The van der Waals surface area contributed by atoms with E-state index in [2.05, 4.69) is 21.3 Å². The Kier molecular flexibility index (Phi) is 6.44. The van der Waals surface area contributed by atoms with Gasteiger partial charge in [0.25, 0.3) is 0 Å². The molecule has 1 aromatic rings.